The van der Waals surface area contributed by atoms with Gasteiger partial charge in [-0.05, 0) is 41.5 Å². The van der Waals surface area contributed by atoms with Gasteiger partial charge in [-0.2, -0.15) is 0 Å². The van der Waals surface area contributed by atoms with Gasteiger partial charge < -0.3 is 9.47 Å². The molecule has 0 bridgehead atoms. The molecule has 0 aliphatic rings. The van der Waals surface area contributed by atoms with E-state index in [1.807, 2.05) is 34.6 Å². The molecule has 0 amide bonds. The van der Waals surface area contributed by atoms with E-state index in [4.69, 9.17) is 9.47 Å². The fourth-order valence-electron chi connectivity index (χ4n) is 0.849. The summed E-state index contributed by atoms with van der Waals surface area (Å²) >= 11 is 0. The molecule has 0 rings (SSSR count). The summed E-state index contributed by atoms with van der Waals surface area (Å²) in [4.78, 5) is 11.3. The molecule has 13 heavy (non-hydrogen) atoms. The predicted molar refractivity (Wildman–Crippen MR) is 51.5 cm³/mol. The van der Waals surface area contributed by atoms with Crippen molar-refractivity contribution in [3.8, 4) is 0 Å². The minimum absolute atomic E-state index is 0.0440. The van der Waals surface area contributed by atoms with Crippen LogP contribution in [0.4, 0.5) is 0 Å². The molecule has 0 fully saturated rings. The van der Waals surface area contributed by atoms with Crippen molar-refractivity contribution in [2.24, 2.45) is 0 Å². The first-order chi connectivity index (χ1) is 5.72. The fourth-order valence-corrected chi connectivity index (χ4v) is 0.849. The molecule has 0 saturated carbocycles. The second-order valence-corrected chi connectivity index (χ2v) is 4.36. The van der Waals surface area contributed by atoms with Crippen LogP contribution in [0.2, 0.25) is 0 Å². The Hall–Kier alpha value is -0.570. The first kappa shape index (κ1) is 12.4. The Balaban J connectivity index is 3.97. The number of esters is 1. The summed E-state index contributed by atoms with van der Waals surface area (Å²) < 4.78 is 10.4. The first-order valence-corrected chi connectivity index (χ1v) is 4.60. The van der Waals surface area contributed by atoms with Gasteiger partial charge in [-0.15, -0.1) is 0 Å². The van der Waals surface area contributed by atoms with Gasteiger partial charge in [-0.3, -0.25) is 0 Å². The second kappa shape index (κ2) is 4.61. The Morgan fingerprint density at radius 3 is 1.92 bits per heavy atom. The minimum Gasteiger partial charge on any atom is -0.458 e. The van der Waals surface area contributed by atoms with E-state index >= 15 is 0 Å². The van der Waals surface area contributed by atoms with Crippen LogP contribution in [0, 0.1) is 0 Å². The molecule has 0 aliphatic heterocycles. The highest BCUT2D eigenvalue weighted by atomic mass is 16.6. The fraction of sp³-hybridized carbons (Fsp3) is 0.900. The summed E-state index contributed by atoms with van der Waals surface area (Å²) in [6.45, 7) is 11.0. The van der Waals surface area contributed by atoms with Crippen LogP contribution in [0.5, 0.6) is 0 Å². The van der Waals surface area contributed by atoms with Crippen molar-refractivity contribution >= 4 is 5.97 Å². The molecule has 0 radical (unpaired) electrons. The quantitative estimate of drug-likeness (QED) is 0.636. The van der Waals surface area contributed by atoms with Gasteiger partial charge in [0.25, 0.3) is 0 Å². The topological polar surface area (TPSA) is 35.5 Å². The van der Waals surface area contributed by atoms with Crippen LogP contribution in [0.25, 0.3) is 0 Å². The van der Waals surface area contributed by atoms with E-state index in [0.717, 1.165) is 0 Å². The Labute approximate surface area is 80.4 Å². The Morgan fingerprint density at radius 1 is 1.15 bits per heavy atom. The maximum absolute atomic E-state index is 11.3. The zero-order chi connectivity index (χ0) is 10.6. The average molecular weight is 188 g/mol. The molecule has 0 spiro atoms. The first-order valence-electron chi connectivity index (χ1n) is 4.60. The van der Waals surface area contributed by atoms with Gasteiger partial charge in [-0.1, -0.05) is 0 Å². The van der Waals surface area contributed by atoms with E-state index < -0.39 is 11.7 Å². The van der Waals surface area contributed by atoms with Crippen molar-refractivity contribution in [3.05, 3.63) is 0 Å². The molecule has 0 saturated heterocycles. The normalized spacial score (nSPS) is 14.4. The number of rotatable bonds is 3. The highest BCUT2D eigenvalue weighted by Crippen LogP contribution is 2.10. The SMILES string of the molecule is CC(C)OC(C)C(=O)OC(C)(C)C. The lowest BCUT2D eigenvalue weighted by Crippen LogP contribution is -2.33. The zero-order valence-corrected chi connectivity index (χ0v) is 9.38. The molecule has 1 unspecified atom stereocenters. The van der Waals surface area contributed by atoms with Gasteiger partial charge in [0.1, 0.15) is 5.60 Å². The molecule has 0 aromatic rings. The molecule has 0 heterocycles. The number of carbonyl (C=O) groups is 1. The van der Waals surface area contributed by atoms with Crippen molar-refractivity contribution in [3.63, 3.8) is 0 Å². The smallest absolute Gasteiger partial charge is 0.335 e. The number of hydrogen-bond acceptors (Lipinski definition) is 3. The van der Waals surface area contributed by atoms with Crippen LogP contribution in [0.1, 0.15) is 41.5 Å². The molecule has 0 aromatic carbocycles. The molecule has 1 atom stereocenters. The molecule has 3 nitrogen and oxygen atoms in total. The van der Waals surface area contributed by atoms with E-state index in [-0.39, 0.29) is 12.1 Å². The number of ether oxygens (including phenoxy) is 2. The molecular formula is C10H20O3. The van der Waals surface area contributed by atoms with Gasteiger partial charge in [0, 0.05) is 0 Å². The zero-order valence-electron chi connectivity index (χ0n) is 9.38. The van der Waals surface area contributed by atoms with Gasteiger partial charge in [0.05, 0.1) is 6.10 Å². The highest BCUT2D eigenvalue weighted by Gasteiger charge is 2.22. The summed E-state index contributed by atoms with van der Waals surface area (Å²) in [5.74, 6) is -0.304. The third-order valence-electron chi connectivity index (χ3n) is 1.21. The van der Waals surface area contributed by atoms with Crippen molar-refractivity contribution in [2.75, 3.05) is 0 Å². The summed E-state index contributed by atoms with van der Waals surface area (Å²) in [6.07, 6.45) is -0.443. The van der Waals surface area contributed by atoms with E-state index in [2.05, 4.69) is 0 Å². The molecule has 0 aliphatic carbocycles. The van der Waals surface area contributed by atoms with Gasteiger partial charge >= 0.3 is 5.97 Å². The van der Waals surface area contributed by atoms with Gasteiger partial charge in [0.15, 0.2) is 6.10 Å². The van der Waals surface area contributed by atoms with E-state index in [1.165, 1.54) is 0 Å². The maximum atomic E-state index is 11.3. The van der Waals surface area contributed by atoms with Crippen LogP contribution in [-0.2, 0) is 14.3 Å². The van der Waals surface area contributed by atoms with Crippen LogP contribution < -0.4 is 0 Å². The lowest BCUT2D eigenvalue weighted by Gasteiger charge is -2.23. The van der Waals surface area contributed by atoms with Crippen LogP contribution >= 0.6 is 0 Å². The van der Waals surface area contributed by atoms with Crippen LogP contribution in [0.3, 0.4) is 0 Å². The van der Waals surface area contributed by atoms with Gasteiger partial charge in [0.2, 0.25) is 0 Å². The molecule has 0 N–H and O–H groups in total. The van der Waals surface area contributed by atoms with E-state index in [9.17, 15) is 4.79 Å². The maximum Gasteiger partial charge on any atom is 0.335 e. The average Bonchev–Trinajstić information content (AvgIpc) is 1.81. The number of hydrogen-bond donors (Lipinski definition) is 0. The largest absolute Gasteiger partial charge is 0.458 e. The summed E-state index contributed by atoms with van der Waals surface area (Å²) in [5, 5.41) is 0. The molecule has 3 heteroatoms. The van der Waals surface area contributed by atoms with E-state index in [0.29, 0.717) is 0 Å². The standard InChI is InChI=1S/C10H20O3/c1-7(2)12-8(3)9(11)13-10(4,5)6/h7-8H,1-6H3. The highest BCUT2D eigenvalue weighted by molar-refractivity contribution is 5.74. The predicted octanol–water partition coefficient (Wildman–Crippen LogP) is 2.14. The Kier molecular flexibility index (Phi) is 4.40. The van der Waals surface area contributed by atoms with E-state index in [1.54, 1.807) is 6.92 Å². The van der Waals surface area contributed by atoms with Gasteiger partial charge in [-0.25, -0.2) is 4.79 Å². The summed E-state index contributed by atoms with van der Waals surface area (Å²) in [7, 11) is 0. The third-order valence-corrected chi connectivity index (χ3v) is 1.21. The molecule has 0 aromatic heterocycles. The Morgan fingerprint density at radius 2 is 1.62 bits per heavy atom. The third kappa shape index (κ3) is 6.58. The van der Waals surface area contributed by atoms with Crippen LogP contribution in [-0.4, -0.2) is 23.8 Å². The van der Waals surface area contributed by atoms with Crippen LogP contribution in [0.15, 0.2) is 0 Å². The number of carbonyl (C=O) groups excluding carboxylic acids is 1. The van der Waals surface area contributed by atoms with Crippen molar-refractivity contribution < 1.29 is 14.3 Å². The van der Waals surface area contributed by atoms with Crippen molar-refractivity contribution in [1.29, 1.82) is 0 Å². The lowest BCUT2D eigenvalue weighted by molar-refractivity contribution is -0.169. The summed E-state index contributed by atoms with van der Waals surface area (Å²) in [6, 6.07) is 0. The minimum atomic E-state index is -0.487. The molecular weight excluding hydrogens is 168 g/mol. The Bertz CT molecular complexity index is 167. The molecule has 78 valence electrons. The van der Waals surface area contributed by atoms with Crippen molar-refractivity contribution in [1.82, 2.24) is 0 Å². The second-order valence-electron chi connectivity index (χ2n) is 4.36. The van der Waals surface area contributed by atoms with Crippen molar-refractivity contribution in [2.45, 2.75) is 59.4 Å². The monoisotopic (exact) mass is 188 g/mol. The lowest BCUT2D eigenvalue weighted by atomic mass is 10.2. The summed E-state index contributed by atoms with van der Waals surface area (Å²) in [5.41, 5.74) is -0.439.